The normalized spacial score (nSPS) is 28.0. The van der Waals surface area contributed by atoms with Gasteiger partial charge in [-0.1, -0.05) is 0 Å². The van der Waals surface area contributed by atoms with Gasteiger partial charge in [0.1, 0.15) is 5.71 Å². The predicted molar refractivity (Wildman–Crippen MR) is 86.0 cm³/mol. The number of hydrazone groups is 1. The van der Waals surface area contributed by atoms with E-state index in [1.165, 1.54) is 5.01 Å². The van der Waals surface area contributed by atoms with E-state index in [0.717, 1.165) is 45.7 Å². The summed E-state index contributed by atoms with van der Waals surface area (Å²) in [5.74, 6) is -0.0394. The summed E-state index contributed by atoms with van der Waals surface area (Å²) in [4.78, 5) is 28.6. The Morgan fingerprint density at radius 2 is 1.96 bits per heavy atom. The number of amides is 2. The van der Waals surface area contributed by atoms with E-state index in [1.54, 1.807) is 7.05 Å². The van der Waals surface area contributed by atoms with Gasteiger partial charge >= 0.3 is 0 Å². The summed E-state index contributed by atoms with van der Waals surface area (Å²) in [5, 5.41) is 5.45. The van der Waals surface area contributed by atoms with E-state index < -0.39 is 0 Å². The highest BCUT2D eigenvalue weighted by atomic mass is 16.5. The standard InChI is InChI=1S/C16H26N4O3/c1-12-11-19(13-5-9-23-10-6-13)7-8-20(12)16(22)14-3-4-15(21)18(2)17-14/h12-13H,3-11H2,1-2H3/t12-/m1/s1. The van der Waals surface area contributed by atoms with Crippen molar-refractivity contribution in [3.63, 3.8) is 0 Å². The van der Waals surface area contributed by atoms with Gasteiger partial charge in [-0.2, -0.15) is 5.10 Å². The Morgan fingerprint density at radius 3 is 2.61 bits per heavy atom. The number of carbonyl (C=O) groups is 2. The Kier molecular flexibility index (Phi) is 4.96. The second kappa shape index (κ2) is 6.97. The van der Waals surface area contributed by atoms with Crippen molar-refractivity contribution in [1.82, 2.24) is 14.8 Å². The lowest BCUT2D eigenvalue weighted by Gasteiger charge is -2.44. The van der Waals surface area contributed by atoms with E-state index in [4.69, 9.17) is 4.74 Å². The van der Waals surface area contributed by atoms with Crippen molar-refractivity contribution >= 4 is 17.5 Å². The van der Waals surface area contributed by atoms with Crippen LogP contribution < -0.4 is 0 Å². The third kappa shape index (κ3) is 3.55. The summed E-state index contributed by atoms with van der Waals surface area (Å²) in [5.41, 5.74) is 0.512. The monoisotopic (exact) mass is 322 g/mol. The van der Waals surface area contributed by atoms with Crippen LogP contribution in [0.15, 0.2) is 5.10 Å². The number of piperazine rings is 1. The van der Waals surface area contributed by atoms with Gasteiger partial charge in [0.15, 0.2) is 0 Å². The summed E-state index contributed by atoms with van der Waals surface area (Å²) in [6.45, 7) is 6.32. The van der Waals surface area contributed by atoms with E-state index in [9.17, 15) is 9.59 Å². The van der Waals surface area contributed by atoms with Crippen molar-refractivity contribution in [2.24, 2.45) is 5.10 Å². The van der Waals surface area contributed by atoms with Crippen molar-refractivity contribution < 1.29 is 14.3 Å². The molecule has 0 aromatic carbocycles. The van der Waals surface area contributed by atoms with Gasteiger partial charge < -0.3 is 9.64 Å². The summed E-state index contributed by atoms with van der Waals surface area (Å²) >= 11 is 0. The van der Waals surface area contributed by atoms with Crippen LogP contribution in [0.3, 0.4) is 0 Å². The lowest BCUT2D eigenvalue weighted by atomic mass is 10.0. The topological polar surface area (TPSA) is 65.5 Å². The minimum atomic E-state index is -0.0288. The fourth-order valence-electron chi connectivity index (χ4n) is 3.66. The number of carbonyl (C=O) groups excluding carboxylic acids is 2. The molecule has 0 unspecified atom stereocenters. The van der Waals surface area contributed by atoms with Crippen molar-refractivity contribution in [3.05, 3.63) is 0 Å². The Morgan fingerprint density at radius 1 is 1.22 bits per heavy atom. The number of hydrogen-bond acceptors (Lipinski definition) is 5. The van der Waals surface area contributed by atoms with E-state index in [2.05, 4.69) is 16.9 Å². The first kappa shape index (κ1) is 16.4. The molecule has 7 heteroatoms. The molecule has 0 radical (unpaired) electrons. The van der Waals surface area contributed by atoms with Gasteiger partial charge in [-0.15, -0.1) is 0 Å². The SMILES string of the molecule is C[C@@H]1CN(C2CCOCC2)CCN1C(=O)C1=NN(C)C(=O)CC1. The molecule has 3 aliphatic heterocycles. The first-order chi connectivity index (χ1) is 11.1. The van der Waals surface area contributed by atoms with Gasteiger partial charge in [0.2, 0.25) is 5.91 Å². The first-order valence-corrected chi connectivity index (χ1v) is 8.53. The van der Waals surface area contributed by atoms with Gasteiger partial charge in [-0.05, 0) is 19.8 Å². The molecule has 7 nitrogen and oxygen atoms in total. The fourth-order valence-corrected chi connectivity index (χ4v) is 3.66. The Labute approximate surface area is 137 Å². The number of hydrogen-bond donors (Lipinski definition) is 0. The van der Waals surface area contributed by atoms with Gasteiger partial charge in [-0.3, -0.25) is 14.5 Å². The van der Waals surface area contributed by atoms with Crippen LogP contribution in [0.25, 0.3) is 0 Å². The van der Waals surface area contributed by atoms with E-state index in [1.807, 2.05) is 4.90 Å². The largest absolute Gasteiger partial charge is 0.381 e. The molecule has 2 saturated heterocycles. The van der Waals surface area contributed by atoms with Crippen molar-refractivity contribution in [2.45, 2.75) is 44.7 Å². The molecule has 128 valence electrons. The molecule has 0 aliphatic carbocycles. The molecule has 0 aromatic rings. The molecule has 3 aliphatic rings. The van der Waals surface area contributed by atoms with E-state index >= 15 is 0 Å². The second-order valence-electron chi connectivity index (χ2n) is 6.65. The molecule has 3 rings (SSSR count). The Hall–Kier alpha value is -1.47. The van der Waals surface area contributed by atoms with Crippen LogP contribution in [0.1, 0.15) is 32.6 Å². The Balaban J connectivity index is 1.60. The summed E-state index contributed by atoms with van der Waals surface area (Å²) in [6.07, 6.45) is 2.99. The summed E-state index contributed by atoms with van der Waals surface area (Å²) in [6, 6.07) is 0.754. The van der Waals surface area contributed by atoms with Gasteiger partial charge in [0.05, 0.1) is 0 Å². The first-order valence-electron chi connectivity index (χ1n) is 8.53. The highest BCUT2D eigenvalue weighted by Gasteiger charge is 2.34. The second-order valence-corrected chi connectivity index (χ2v) is 6.65. The molecular formula is C16H26N4O3. The maximum absolute atomic E-state index is 12.7. The molecule has 0 aromatic heterocycles. The predicted octanol–water partition coefficient (Wildman–Crippen LogP) is 0.306. The van der Waals surface area contributed by atoms with Crippen LogP contribution in [0.4, 0.5) is 0 Å². The maximum Gasteiger partial charge on any atom is 0.270 e. The molecule has 2 amide bonds. The van der Waals surface area contributed by atoms with Gasteiger partial charge in [-0.25, -0.2) is 5.01 Å². The minimum absolute atomic E-state index is 0.0107. The lowest BCUT2D eigenvalue weighted by molar-refractivity contribution is -0.131. The molecule has 23 heavy (non-hydrogen) atoms. The quantitative estimate of drug-likeness (QED) is 0.734. The zero-order valence-electron chi connectivity index (χ0n) is 14.0. The summed E-state index contributed by atoms with van der Waals surface area (Å²) in [7, 11) is 1.61. The van der Waals surface area contributed by atoms with E-state index in [-0.39, 0.29) is 17.9 Å². The van der Waals surface area contributed by atoms with Crippen molar-refractivity contribution in [3.8, 4) is 0 Å². The average Bonchev–Trinajstić information content (AvgIpc) is 2.57. The third-order valence-corrected chi connectivity index (χ3v) is 5.08. The molecular weight excluding hydrogens is 296 g/mol. The zero-order chi connectivity index (χ0) is 16.4. The molecule has 0 saturated carbocycles. The molecule has 0 bridgehead atoms. The lowest BCUT2D eigenvalue weighted by Crippen LogP contribution is -2.58. The number of ether oxygens (including phenoxy) is 1. The summed E-state index contributed by atoms with van der Waals surface area (Å²) < 4.78 is 5.44. The molecule has 3 heterocycles. The van der Waals surface area contributed by atoms with Crippen molar-refractivity contribution in [2.75, 3.05) is 39.9 Å². The molecule has 0 N–H and O–H groups in total. The zero-order valence-corrected chi connectivity index (χ0v) is 14.0. The van der Waals surface area contributed by atoms with Crippen LogP contribution in [0.5, 0.6) is 0 Å². The molecule has 0 spiro atoms. The smallest absolute Gasteiger partial charge is 0.270 e. The van der Waals surface area contributed by atoms with Crippen molar-refractivity contribution in [1.29, 1.82) is 0 Å². The molecule has 1 atom stereocenters. The van der Waals surface area contributed by atoms with Crippen LogP contribution in [-0.4, -0.2) is 84.3 Å². The van der Waals surface area contributed by atoms with Gasteiger partial charge in [0, 0.05) is 64.8 Å². The maximum atomic E-state index is 12.7. The number of nitrogens with zero attached hydrogens (tertiary/aromatic N) is 4. The minimum Gasteiger partial charge on any atom is -0.381 e. The van der Waals surface area contributed by atoms with Crippen LogP contribution >= 0.6 is 0 Å². The van der Waals surface area contributed by atoms with Crippen LogP contribution in [0, 0.1) is 0 Å². The highest BCUT2D eigenvalue weighted by molar-refractivity contribution is 6.39. The fraction of sp³-hybridized carbons (Fsp3) is 0.812. The van der Waals surface area contributed by atoms with Gasteiger partial charge in [0.25, 0.3) is 5.91 Å². The highest BCUT2D eigenvalue weighted by Crippen LogP contribution is 2.20. The average molecular weight is 322 g/mol. The Bertz CT molecular complexity index is 502. The van der Waals surface area contributed by atoms with Crippen LogP contribution in [0.2, 0.25) is 0 Å². The van der Waals surface area contributed by atoms with Crippen LogP contribution in [-0.2, 0) is 14.3 Å². The van der Waals surface area contributed by atoms with E-state index in [0.29, 0.717) is 24.6 Å². The third-order valence-electron chi connectivity index (χ3n) is 5.08. The number of rotatable bonds is 2. The molecule has 2 fully saturated rings.